The lowest BCUT2D eigenvalue weighted by molar-refractivity contribution is -0.144. The van der Waals surface area contributed by atoms with Crippen LogP contribution in [0.25, 0.3) is 0 Å². The maximum absolute atomic E-state index is 10.5. The Balaban J connectivity index is 4.08. The molecule has 58 valence electrons. The minimum absolute atomic E-state index is 0.882. The van der Waals surface area contributed by atoms with E-state index in [1.54, 1.807) is 0 Å². The van der Waals surface area contributed by atoms with Crippen LogP contribution in [-0.4, -0.2) is 34.1 Å². The highest BCUT2D eigenvalue weighted by Crippen LogP contribution is 1.88. The van der Waals surface area contributed by atoms with Gasteiger partial charge in [0.2, 0.25) is 0 Å². The average Bonchev–Trinajstić information content (AvgIpc) is 1.84. The molecule has 5 heteroatoms. The SMILES string of the molecule is CC(O)C(=O)C(N)C(=O)O. The minimum Gasteiger partial charge on any atom is -0.480 e. The van der Waals surface area contributed by atoms with Crippen molar-refractivity contribution in [3.8, 4) is 0 Å². The normalized spacial score (nSPS) is 15.9. The molecule has 5 nitrogen and oxygen atoms in total. The topological polar surface area (TPSA) is 101 Å². The van der Waals surface area contributed by atoms with Gasteiger partial charge in [0.15, 0.2) is 11.8 Å². The van der Waals surface area contributed by atoms with Crippen molar-refractivity contribution in [1.82, 2.24) is 0 Å². The summed E-state index contributed by atoms with van der Waals surface area (Å²) < 4.78 is 0. The summed E-state index contributed by atoms with van der Waals surface area (Å²) in [5.74, 6) is -2.31. The minimum atomic E-state index is -1.61. The van der Waals surface area contributed by atoms with Crippen molar-refractivity contribution in [2.24, 2.45) is 5.73 Å². The number of carbonyl (C=O) groups excluding carboxylic acids is 1. The van der Waals surface area contributed by atoms with Crippen LogP contribution in [-0.2, 0) is 9.59 Å². The number of hydrogen-bond donors (Lipinski definition) is 3. The molecule has 0 aliphatic rings. The molecular weight excluding hydrogens is 138 g/mol. The standard InChI is InChI=1S/C5H9NO4/c1-2(7)4(8)3(6)5(9)10/h2-3,7H,6H2,1H3,(H,9,10). The number of carbonyl (C=O) groups is 2. The molecule has 0 aliphatic carbocycles. The van der Waals surface area contributed by atoms with Gasteiger partial charge < -0.3 is 15.9 Å². The van der Waals surface area contributed by atoms with Gasteiger partial charge in [-0.05, 0) is 6.92 Å². The van der Waals surface area contributed by atoms with Crippen LogP contribution in [0.5, 0.6) is 0 Å². The van der Waals surface area contributed by atoms with Crippen LogP contribution in [0.15, 0.2) is 0 Å². The van der Waals surface area contributed by atoms with Gasteiger partial charge in [-0.1, -0.05) is 0 Å². The van der Waals surface area contributed by atoms with Crippen molar-refractivity contribution in [2.75, 3.05) is 0 Å². The lowest BCUT2D eigenvalue weighted by atomic mass is 10.1. The van der Waals surface area contributed by atoms with Gasteiger partial charge in [-0.25, -0.2) is 0 Å². The molecule has 0 fully saturated rings. The van der Waals surface area contributed by atoms with E-state index >= 15 is 0 Å². The molecule has 10 heavy (non-hydrogen) atoms. The Labute approximate surface area is 57.5 Å². The number of hydrogen-bond acceptors (Lipinski definition) is 4. The van der Waals surface area contributed by atoms with Gasteiger partial charge in [0.1, 0.15) is 6.10 Å². The number of nitrogens with two attached hydrogens (primary N) is 1. The van der Waals surface area contributed by atoms with Gasteiger partial charge >= 0.3 is 5.97 Å². The number of carboxylic acid groups (broad SMARTS) is 1. The molecule has 2 atom stereocenters. The molecular formula is C5H9NO4. The van der Waals surface area contributed by atoms with Crippen molar-refractivity contribution >= 4 is 11.8 Å². The van der Waals surface area contributed by atoms with Gasteiger partial charge in [0, 0.05) is 0 Å². The molecule has 0 amide bonds. The molecule has 0 aromatic heterocycles. The maximum Gasteiger partial charge on any atom is 0.328 e. The number of aliphatic hydroxyl groups is 1. The summed E-state index contributed by atoms with van der Waals surface area (Å²) in [6.07, 6.45) is -1.31. The molecule has 2 unspecified atom stereocenters. The second kappa shape index (κ2) is 3.28. The third-order valence-corrected chi connectivity index (χ3v) is 0.984. The highest BCUT2D eigenvalue weighted by Gasteiger charge is 2.24. The van der Waals surface area contributed by atoms with Crippen LogP contribution in [0.1, 0.15) is 6.92 Å². The first-order valence-corrected chi connectivity index (χ1v) is 2.67. The van der Waals surface area contributed by atoms with Gasteiger partial charge in [-0.15, -0.1) is 0 Å². The predicted octanol–water partition coefficient (Wildman–Crippen LogP) is -1.65. The summed E-state index contributed by atoms with van der Waals surface area (Å²) in [6.45, 7) is 1.17. The lowest BCUT2D eigenvalue weighted by Crippen LogP contribution is -2.43. The van der Waals surface area contributed by atoms with Crippen LogP contribution in [0.2, 0.25) is 0 Å². The molecule has 0 aliphatic heterocycles. The van der Waals surface area contributed by atoms with Crippen LogP contribution in [0.4, 0.5) is 0 Å². The molecule has 0 spiro atoms. The summed E-state index contributed by atoms with van der Waals surface area (Å²) in [5.41, 5.74) is 4.85. The van der Waals surface area contributed by atoms with Crippen molar-refractivity contribution in [3.05, 3.63) is 0 Å². The van der Waals surface area contributed by atoms with Crippen LogP contribution >= 0.6 is 0 Å². The highest BCUT2D eigenvalue weighted by molar-refractivity contribution is 6.03. The summed E-state index contributed by atoms with van der Waals surface area (Å²) >= 11 is 0. The smallest absolute Gasteiger partial charge is 0.328 e. The Morgan fingerprint density at radius 1 is 1.50 bits per heavy atom. The molecule has 0 saturated heterocycles. The molecule has 0 bridgehead atoms. The van der Waals surface area contributed by atoms with E-state index in [1.165, 1.54) is 6.92 Å². The number of carboxylic acids is 1. The number of aliphatic carboxylic acids is 1. The summed E-state index contributed by atoms with van der Waals surface area (Å²) in [5, 5.41) is 16.7. The summed E-state index contributed by atoms with van der Waals surface area (Å²) in [4.78, 5) is 20.5. The third kappa shape index (κ3) is 2.12. The van der Waals surface area contributed by atoms with E-state index in [9.17, 15) is 9.59 Å². The fourth-order valence-corrected chi connectivity index (χ4v) is 0.382. The Kier molecular flexibility index (Phi) is 2.98. The number of Topliss-reactive ketones (excluding diaryl/α,β-unsaturated/α-hetero) is 1. The summed E-state index contributed by atoms with van der Waals surface area (Å²) in [7, 11) is 0. The second-order valence-electron chi connectivity index (χ2n) is 1.89. The zero-order valence-corrected chi connectivity index (χ0v) is 5.44. The van der Waals surface area contributed by atoms with Crippen molar-refractivity contribution < 1.29 is 19.8 Å². The third-order valence-electron chi connectivity index (χ3n) is 0.984. The number of ketones is 1. The quantitative estimate of drug-likeness (QED) is 0.415. The molecule has 4 N–H and O–H groups in total. The molecule has 0 heterocycles. The van der Waals surface area contributed by atoms with Crippen LogP contribution in [0, 0.1) is 0 Å². The van der Waals surface area contributed by atoms with E-state index in [0.717, 1.165) is 0 Å². The van der Waals surface area contributed by atoms with Crippen molar-refractivity contribution in [2.45, 2.75) is 19.1 Å². The Morgan fingerprint density at radius 3 is 2.00 bits per heavy atom. The van der Waals surface area contributed by atoms with Crippen LogP contribution < -0.4 is 5.73 Å². The molecule has 0 radical (unpaired) electrons. The fraction of sp³-hybridized carbons (Fsp3) is 0.600. The van der Waals surface area contributed by atoms with Crippen molar-refractivity contribution in [1.29, 1.82) is 0 Å². The van der Waals surface area contributed by atoms with Gasteiger partial charge in [0.25, 0.3) is 0 Å². The van der Waals surface area contributed by atoms with E-state index in [0.29, 0.717) is 0 Å². The number of rotatable bonds is 3. The molecule has 0 aromatic carbocycles. The van der Waals surface area contributed by atoms with Gasteiger partial charge in [0.05, 0.1) is 0 Å². The average molecular weight is 147 g/mol. The Hall–Kier alpha value is -0.940. The monoisotopic (exact) mass is 147 g/mol. The first-order valence-electron chi connectivity index (χ1n) is 2.67. The highest BCUT2D eigenvalue weighted by atomic mass is 16.4. The van der Waals surface area contributed by atoms with Crippen LogP contribution in [0.3, 0.4) is 0 Å². The zero-order valence-electron chi connectivity index (χ0n) is 5.44. The number of aliphatic hydroxyl groups excluding tert-OH is 1. The Bertz CT molecular complexity index is 154. The fourth-order valence-electron chi connectivity index (χ4n) is 0.382. The van der Waals surface area contributed by atoms with Gasteiger partial charge in [-0.3, -0.25) is 9.59 Å². The van der Waals surface area contributed by atoms with Gasteiger partial charge in [-0.2, -0.15) is 0 Å². The summed E-state index contributed by atoms with van der Waals surface area (Å²) in [6, 6.07) is -1.61. The lowest BCUT2D eigenvalue weighted by Gasteiger charge is -2.06. The predicted molar refractivity (Wildman–Crippen MR) is 32.3 cm³/mol. The zero-order chi connectivity index (χ0) is 8.31. The second-order valence-corrected chi connectivity index (χ2v) is 1.89. The maximum atomic E-state index is 10.5. The van der Waals surface area contributed by atoms with E-state index in [4.69, 9.17) is 15.9 Å². The molecule has 0 saturated carbocycles. The van der Waals surface area contributed by atoms with E-state index in [2.05, 4.69) is 0 Å². The van der Waals surface area contributed by atoms with E-state index in [-0.39, 0.29) is 0 Å². The first-order chi connectivity index (χ1) is 4.46. The van der Waals surface area contributed by atoms with E-state index < -0.39 is 23.9 Å². The molecule has 0 aromatic rings. The first kappa shape index (κ1) is 9.06. The Morgan fingerprint density at radius 2 is 1.90 bits per heavy atom. The largest absolute Gasteiger partial charge is 0.480 e. The van der Waals surface area contributed by atoms with Crippen molar-refractivity contribution in [3.63, 3.8) is 0 Å². The molecule has 0 rings (SSSR count). The van der Waals surface area contributed by atoms with E-state index in [1.807, 2.05) is 0 Å².